The van der Waals surface area contributed by atoms with E-state index in [0.717, 1.165) is 32.1 Å². The van der Waals surface area contributed by atoms with Gasteiger partial charge in [-0.15, -0.1) is 0 Å². The van der Waals surface area contributed by atoms with Crippen molar-refractivity contribution < 1.29 is 19.1 Å². The van der Waals surface area contributed by atoms with E-state index in [1.165, 1.54) is 5.57 Å². The van der Waals surface area contributed by atoms with Crippen LogP contribution >= 0.6 is 0 Å². The number of rotatable bonds is 2. The van der Waals surface area contributed by atoms with Crippen molar-refractivity contribution in [2.75, 3.05) is 0 Å². The third-order valence-electron chi connectivity index (χ3n) is 8.24. The molecule has 0 radical (unpaired) electrons. The zero-order chi connectivity index (χ0) is 20.2. The Kier molecular flexibility index (Phi) is 4.49. The molecule has 6 atom stereocenters. The van der Waals surface area contributed by atoms with Gasteiger partial charge in [0.1, 0.15) is 11.9 Å². The van der Waals surface area contributed by atoms with Gasteiger partial charge in [0.25, 0.3) is 0 Å². The lowest BCUT2D eigenvalue weighted by molar-refractivity contribution is -0.131. The highest BCUT2D eigenvalue weighted by molar-refractivity contribution is 5.92. The maximum Gasteiger partial charge on any atom is 0.338 e. The molecule has 0 heterocycles. The average Bonchev–Trinajstić information content (AvgIpc) is 2.98. The summed E-state index contributed by atoms with van der Waals surface area (Å²) in [6.45, 7) is 2.10. The van der Waals surface area contributed by atoms with Crippen LogP contribution in [0.15, 0.2) is 42.0 Å². The van der Waals surface area contributed by atoms with Crippen molar-refractivity contribution in [2.45, 2.75) is 58.0 Å². The summed E-state index contributed by atoms with van der Waals surface area (Å²) in [4.78, 5) is 37.6. The molecular formula is C25H28O4. The summed E-state index contributed by atoms with van der Waals surface area (Å²) < 4.78 is 5.98. The van der Waals surface area contributed by atoms with Gasteiger partial charge in [-0.25, -0.2) is 4.79 Å². The van der Waals surface area contributed by atoms with Crippen LogP contribution in [0.5, 0.6) is 0 Å². The van der Waals surface area contributed by atoms with Crippen LogP contribution in [0.25, 0.3) is 0 Å². The molecule has 4 nitrogen and oxygen atoms in total. The third-order valence-corrected chi connectivity index (χ3v) is 8.24. The van der Waals surface area contributed by atoms with E-state index in [4.69, 9.17) is 4.74 Å². The number of carbonyl (C=O) groups excluding carboxylic acids is 3. The van der Waals surface area contributed by atoms with Gasteiger partial charge in [0.05, 0.1) is 5.56 Å². The van der Waals surface area contributed by atoms with Crippen molar-refractivity contribution in [2.24, 2.45) is 29.1 Å². The second-order valence-corrected chi connectivity index (χ2v) is 9.62. The molecule has 4 heteroatoms. The monoisotopic (exact) mass is 392 g/mol. The molecule has 0 unspecified atom stereocenters. The highest BCUT2D eigenvalue weighted by Crippen LogP contribution is 2.61. The second kappa shape index (κ2) is 6.93. The summed E-state index contributed by atoms with van der Waals surface area (Å²) in [5, 5.41) is 0. The Morgan fingerprint density at radius 3 is 2.62 bits per heavy atom. The maximum atomic E-state index is 13.0. The van der Waals surface area contributed by atoms with Gasteiger partial charge in [-0.05, 0) is 68.1 Å². The zero-order valence-electron chi connectivity index (χ0n) is 16.9. The van der Waals surface area contributed by atoms with E-state index in [2.05, 4.69) is 6.92 Å². The molecule has 3 fully saturated rings. The molecule has 5 rings (SSSR count). The standard InChI is InChI=1S/C25H28O4/c1-25-12-11-19-18-10-8-17(26)13-16(18)7-9-20(19)23(25)21(14-22(25)27)29-24(28)15-5-3-2-4-6-15/h2-6,13,18-21,23H,7-12,14H2,1H3/t18-,19+,20+,21-,23+,25+/m0/s1. The van der Waals surface area contributed by atoms with Gasteiger partial charge in [-0.1, -0.05) is 30.7 Å². The minimum Gasteiger partial charge on any atom is -0.458 e. The van der Waals surface area contributed by atoms with Crippen LogP contribution in [-0.4, -0.2) is 23.6 Å². The number of benzene rings is 1. The van der Waals surface area contributed by atoms with E-state index in [1.54, 1.807) is 12.1 Å². The molecule has 0 saturated heterocycles. The first-order valence-electron chi connectivity index (χ1n) is 11.0. The normalized spacial score (nSPS) is 38.5. The lowest BCUT2D eigenvalue weighted by atomic mass is 9.52. The fraction of sp³-hybridized carbons (Fsp3) is 0.560. The van der Waals surface area contributed by atoms with Gasteiger partial charge in [-0.2, -0.15) is 0 Å². The summed E-state index contributed by atoms with van der Waals surface area (Å²) in [6, 6.07) is 9.06. The highest BCUT2D eigenvalue weighted by atomic mass is 16.5. The number of ether oxygens (including phenoxy) is 1. The summed E-state index contributed by atoms with van der Waals surface area (Å²) in [5.41, 5.74) is 1.49. The fourth-order valence-corrected chi connectivity index (χ4v) is 6.88. The fourth-order valence-electron chi connectivity index (χ4n) is 6.88. The average molecular weight is 392 g/mol. The largest absolute Gasteiger partial charge is 0.458 e. The Morgan fingerprint density at radius 2 is 1.83 bits per heavy atom. The molecule has 0 aromatic heterocycles. The second-order valence-electron chi connectivity index (χ2n) is 9.62. The molecule has 0 N–H and O–H groups in total. The van der Waals surface area contributed by atoms with Crippen LogP contribution in [-0.2, 0) is 14.3 Å². The number of fused-ring (bicyclic) bond motifs is 5. The molecule has 4 aliphatic carbocycles. The van der Waals surface area contributed by atoms with E-state index < -0.39 is 0 Å². The first-order chi connectivity index (χ1) is 14.0. The summed E-state index contributed by atoms with van der Waals surface area (Å²) in [6.07, 6.45) is 7.34. The predicted octanol–water partition coefficient (Wildman–Crippen LogP) is 4.53. The lowest BCUT2D eigenvalue weighted by Crippen LogP contribution is -2.49. The molecule has 3 saturated carbocycles. The number of hydrogen-bond donors (Lipinski definition) is 0. The van der Waals surface area contributed by atoms with E-state index in [-0.39, 0.29) is 35.0 Å². The van der Waals surface area contributed by atoms with E-state index in [0.29, 0.717) is 36.2 Å². The van der Waals surface area contributed by atoms with Gasteiger partial charge in [0.2, 0.25) is 0 Å². The van der Waals surface area contributed by atoms with Crippen molar-refractivity contribution in [3.63, 3.8) is 0 Å². The highest BCUT2D eigenvalue weighted by Gasteiger charge is 2.61. The lowest BCUT2D eigenvalue weighted by Gasteiger charge is -2.52. The quantitative estimate of drug-likeness (QED) is 0.694. The van der Waals surface area contributed by atoms with Crippen molar-refractivity contribution in [3.05, 3.63) is 47.5 Å². The molecule has 0 aliphatic heterocycles. The number of esters is 1. The molecule has 1 aromatic carbocycles. The summed E-state index contributed by atoms with van der Waals surface area (Å²) in [7, 11) is 0. The Balaban J connectivity index is 1.43. The first kappa shape index (κ1) is 18.8. The molecule has 0 bridgehead atoms. The van der Waals surface area contributed by atoms with Crippen LogP contribution in [0.4, 0.5) is 0 Å². The molecule has 1 aromatic rings. The van der Waals surface area contributed by atoms with Crippen molar-refractivity contribution in [1.29, 1.82) is 0 Å². The zero-order valence-corrected chi connectivity index (χ0v) is 16.9. The minimum absolute atomic E-state index is 0.0978. The van der Waals surface area contributed by atoms with Crippen LogP contribution in [0.1, 0.15) is 62.2 Å². The minimum atomic E-state index is -0.380. The number of ketones is 2. The summed E-state index contributed by atoms with van der Waals surface area (Å²) in [5.74, 6) is 1.66. The Labute approximate surface area is 171 Å². The predicted molar refractivity (Wildman–Crippen MR) is 108 cm³/mol. The number of Topliss-reactive ketones (excluding diaryl/α,β-unsaturated/α-hetero) is 1. The van der Waals surface area contributed by atoms with E-state index in [9.17, 15) is 14.4 Å². The van der Waals surface area contributed by atoms with Crippen LogP contribution in [0, 0.1) is 29.1 Å². The van der Waals surface area contributed by atoms with Crippen LogP contribution < -0.4 is 0 Å². The van der Waals surface area contributed by atoms with Gasteiger partial charge in [-0.3, -0.25) is 9.59 Å². The Hall–Kier alpha value is -2.23. The van der Waals surface area contributed by atoms with Gasteiger partial charge in [0.15, 0.2) is 5.78 Å². The number of carbonyl (C=O) groups is 3. The van der Waals surface area contributed by atoms with Crippen LogP contribution in [0.3, 0.4) is 0 Å². The van der Waals surface area contributed by atoms with Crippen molar-refractivity contribution >= 4 is 17.5 Å². The topological polar surface area (TPSA) is 60.4 Å². The molecular weight excluding hydrogens is 364 g/mol. The smallest absolute Gasteiger partial charge is 0.338 e. The number of hydrogen-bond acceptors (Lipinski definition) is 4. The summed E-state index contributed by atoms with van der Waals surface area (Å²) >= 11 is 0. The van der Waals surface area contributed by atoms with E-state index in [1.807, 2.05) is 24.3 Å². The third kappa shape index (κ3) is 2.99. The maximum absolute atomic E-state index is 13.0. The van der Waals surface area contributed by atoms with Crippen LogP contribution in [0.2, 0.25) is 0 Å². The molecule has 0 spiro atoms. The van der Waals surface area contributed by atoms with Gasteiger partial charge >= 0.3 is 5.97 Å². The first-order valence-corrected chi connectivity index (χ1v) is 11.0. The Bertz CT molecular complexity index is 885. The van der Waals surface area contributed by atoms with E-state index >= 15 is 0 Å². The molecule has 29 heavy (non-hydrogen) atoms. The molecule has 4 aliphatic rings. The molecule has 0 amide bonds. The Morgan fingerprint density at radius 1 is 1.03 bits per heavy atom. The van der Waals surface area contributed by atoms with Gasteiger partial charge < -0.3 is 4.74 Å². The van der Waals surface area contributed by atoms with Crippen molar-refractivity contribution in [3.8, 4) is 0 Å². The van der Waals surface area contributed by atoms with Crippen molar-refractivity contribution in [1.82, 2.24) is 0 Å². The molecule has 152 valence electrons. The number of allylic oxidation sites excluding steroid dienone is 1. The van der Waals surface area contributed by atoms with Gasteiger partial charge in [0, 0.05) is 24.2 Å². The SMILES string of the molecule is C[C@]12CC[C@H]3[C@@H](CCC4=CC(=O)CC[C@@H]43)[C@@H]1[C@@H](OC(=O)c1ccccc1)CC2=O.